The number of aliphatic carboxylic acids is 1. The highest BCUT2D eigenvalue weighted by Crippen LogP contribution is 2.26. The Kier molecular flexibility index (Phi) is 5.73. The minimum Gasteiger partial charge on any atom is -0.481 e. The third-order valence-corrected chi connectivity index (χ3v) is 5.18. The number of nitrogens with zero attached hydrogens (tertiary/aromatic N) is 3. The summed E-state index contributed by atoms with van der Waals surface area (Å²) in [7, 11) is 0. The van der Waals surface area contributed by atoms with Crippen molar-refractivity contribution in [3.63, 3.8) is 0 Å². The van der Waals surface area contributed by atoms with E-state index in [1.54, 1.807) is 6.33 Å². The zero-order valence-corrected chi connectivity index (χ0v) is 15.0. The number of aromatic nitrogens is 2. The van der Waals surface area contributed by atoms with Gasteiger partial charge in [-0.15, -0.1) is 0 Å². The molecule has 25 heavy (non-hydrogen) atoms. The molecule has 2 saturated heterocycles. The highest BCUT2D eigenvalue weighted by molar-refractivity contribution is 5.70. The summed E-state index contributed by atoms with van der Waals surface area (Å²) in [5.41, 5.74) is 0. The molecule has 0 bridgehead atoms. The van der Waals surface area contributed by atoms with Gasteiger partial charge in [0.05, 0.1) is 18.1 Å². The van der Waals surface area contributed by atoms with E-state index in [9.17, 15) is 4.79 Å². The second-order valence-electron chi connectivity index (χ2n) is 7.33. The van der Waals surface area contributed by atoms with Crippen LogP contribution in [0.2, 0.25) is 0 Å². The van der Waals surface area contributed by atoms with Crippen LogP contribution in [0.15, 0.2) is 12.4 Å². The fraction of sp³-hybridized carbons (Fsp3) is 0.722. The smallest absolute Gasteiger partial charge is 0.306 e. The minimum atomic E-state index is -0.693. The Morgan fingerprint density at radius 2 is 2.08 bits per heavy atom. The molecule has 2 N–H and O–H groups in total. The molecule has 0 amide bonds. The van der Waals surface area contributed by atoms with E-state index in [4.69, 9.17) is 9.84 Å². The van der Waals surface area contributed by atoms with Crippen molar-refractivity contribution < 1.29 is 14.6 Å². The molecule has 0 spiro atoms. The van der Waals surface area contributed by atoms with E-state index in [0.717, 1.165) is 31.1 Å². The highest BCUT2D eigenvalue weighted by atomic mass is 16.5. The molecule has 3 heterocycles. The van der Waals surface area contributed by atoms with E-state index >= 15 is 0 Å². The fourth-order valence-electron chi connectivity index (χ4n) is 3.76. The summed E-state index contributed by atoms with van der Waals surface area (Å²) in [5.74, 6) is 1.20. The molecule has 2 atom stereocenters. The first kappa shape index (κ1) is 17.9. The molecule has 1 aromatic rings. The van der Waals surface area contributed by atoms with Gasteiger partial charge in [0, 0.05) is 25.8 Å². The Balaban J connectivity index is 1.64. The van der Waals surface area contributed by atoms with Gasteiger partial charge in [-0.25, -0.2) is 9.97 Å². The molecular formula is C18H28N4O3. The maximum atomic E-state index is 11.1. The summed E-state index contributed by atoms with van der Waals surface area (Å²) >= 11 is 0. The quantitative estimate of drug-likeness (QED) is 0.845. The van der Waals surface area contributed by atoms with Gasteiger partial charge in [-0.1, -0.05) is 13.8 Å². The van der Waals surface area contributed by atoms with Gasteiger partial charge in [-0.3, -0.25) is 4.79 Å². The SMILES string of the molecule is CC(C)C1OCCCC1Nc1cc(N2CCC(C(=O)O)CC2)ncn1. The topological polar surface area (TPSA) is 87.6 Å². The van der Waals surface area contributed by atoms with Gasteiger partial charge in [0.1, 0.15) is 18.0 Å². The number of hydrogen-bond donors (Lipinski definition) is 2. The summed E-state index contributed by atoms with van der Waals surface area (Å²) in [6.07, 6.45) is 5.23. The van der Waals surface area contributed by atoms with Crippen molar-refractivity contribution in [1.82, 2.24) is 9.97 Å². The molecule has 138 valence electrons. The molecule has 7 nitrogen and oxygen atoms in total. The monoisotopic (exact) mass is 348 g/mol. The van der Waals surface area contributed by atoms with Crippen molar-refractivity contribution in [3.8, 4) is 0 Å². The van der Waals surface area contributed by atoms with Gasteiger partial charge in [0.2, 0.25) is 0 Å². The Labute approximate surface area is 148 Å². The van der Waals surface area contributed by atoms with Crippen molar-refractivity contribution in [2.24, 2.45) is 11.8 Å². The molecule has 3 rings (SSSR count). The number of rotatable bonds is 5. The summed E-state index contributed by atoms with van der Waals surface area (Å²) in [4.78, 5) is 22.0. The first-order valence-corrected chi connectivity index (χ1v) is 9.22. The molecular weight excluding hydrogens is 320 g/mol. The van der Waals surface area contributed by atoms with Crippen molar-refractivity contribution >= 4 is 17.6 Å². The van der Waals surface area contributed by atoms with Crippen LogP contribution >= 0.6 is 0 Å². The zero-order chi connectivity index (χ0) is 17.8. The van der Waals surface area contributed by atoms with Crippen LogP contribution in [-0.2, 0) is 9.53 Å². The van der Waals surface area contributed by atoms with E-state index in [2.05, 4.69) is 34.0 Å². The van der Waals surface area contributed by atoms with E-state index in [1.165, 1.54) is 0 Å². The fourth-order valence-corrected chi connectivity index (χ4v) is 3.76. The molecule has 2 unspecified atom stereocenters. The largest absolute Gasteiger partial charge is 0.481 e. The van der Waals surface area contributed by atoms with Gasteiger partial charge >= 0.3 is 5.97 Å². The van der Waals surface area contributed by atoms with Gasteiger partial charge in [0.25, 0.3) is 0 Å². The molecule has 2 fully saturated rings. The molecule has 0 radical (unpaired) electrons. The zero-order valence-electron chi connectivity index (χ0n) is 15.0. The van der Waals surface area contributed by atoms with Crippen molar-refractivity contribution in [2.45, 2.75) is 51.7 Å². The Morgan fingerprint density at radius 3 is 2.76 bits per heavy atom. The predicted molar refractivity (Wildman–Crippen MR) is 95.8 cm³/mol. The first-order chi connectivity index (χ1) is 12.0. The number of carboxylic acids is 1. The number of piperidine rings is 1. The molecule has 0 aromatic carbocycles. The van der Waals surface area contributed by atoms with Crippen molar-refractivity contribution in [2.75, 3.05) is 29.9 Å². The molecule has 1 aromatic heterocycles. The average Bonchev–Trinajstić information content (AvgIpc) is 2.62. The predicted octanol–water partition coefficient (Wildman–Crippen LogP) is 2.39. The van der Waals surface area contributed by atoms with Crippen LogP contribution in [-0.4, -0.2) is 52.9 Å². The van der Waals surface area contributed by atoms with Crippen LogP contribution in [0.4, 0.5) is 11.6 Å². The van der Waals surface area contributed by atoms with Gasteiger partial charge in [0.15, 0.2) is 0 Å². The standard InChI is InChI=1S/C18H28N4O3/c1-12(2)17-14(4-3-9-25-17)21-15-10-16(20-11-19-15)22-7-5-13(6-8-22)18(23)24/h10-14,17H,3-9H2,1-2H3,(H,23,24)(H,19,20,21). The lowest BCUT2D eigenvalue weighted by molar-refractivity contribution is -0.142. The molecule has 2 aliphatic rings. The van der Waals surface area contributed by atoms with Crippen molar-refractivity contribution in [1.29, 1.82) is 0 Å². The minimum absolute atomic E-state index is 0.193. The summed E-state index contributed by atoms with van der Waals surface area (Å²) in [6.45, 7) is 6.63. The normalized spacial score (nSPS) is 25.2. The van der Waals surface area contributed by atoms with Crippen LogP contribution in [0, 0.1) is 11.8 Å². The number of hydrogen-bond acceptors (Lipinski definition) is 6. The number of carbonyl (C=O) groups is 1. The van der Waals surface area contributed by atoms with Gasteiger partial charge in [-0.05, 0) is 31.6 Å². The molecule has 0 aliphatic carbocycles. The third kappa shape index (κ3) is 4.39. The van der Waals surface area contributed by atoms with E-state index in [0.29, 0.717) is 31.8 Å². The maximum absolute atomic E-state index is 11.1. The van der Waals surface area contributed by atoms with Gasteiger partial charge < -0.3 is 20.1 Å². The number of nitrogens with one attached hydrogen (secondary N) is 1. The number of carboxylic acid groups (broad SMARTS) is 1. The Hall–Kier alpha value is -1.89. The number of anilines is 2. The van der Waals surface area contributed by atoms with Crippen LogP contribution < -0.4 is 10.2 Å². The summed E-state index contributed by atoms with van der Waals surface area (Å²) in [6, 6.07) is 2.22. The van der Waals surface area contributed by atoms with Crippen LogP contribution in [0.1, 0.15) is 39.5 Å². The summed E-state index contributed by atoms with van der Waals surface area (Å²) in [5, 5.41) is 12.6. The second kappa shape index (κ2) is 7.99. The van der Waals surface area contributed by atoms with Crippen LogP contribution in [0.5, 0.6) is 0 Å². The highest BCUT2D eigenvalue weighted by Gasteiger charge is 2.29. The Bertz CT molecular complexity index is 587. The Morgan fingerprint density at radius 1 is 1.32 bits per heavy atom. The summed E-state index contributed by atoms with van der Waals surface area (Å²) < 4.78 is 5.93. The van der Waals surface area contributed by atoms with E-state index in [1.807, 2.05) is 6.07 Å². The third-order valence-electron chi connectivity index (χ3n) is 5.18. The molecule has 7 heteroatoms. The van der Waals surface area contributed by atoms with Gasteiger partial charge in [-0.2, -0.15) is 0 Å². The maximum Gasteiger partial charge on any atom is 0.306 e. The first-order valence-electron chi connectivity index (χ1n) is 9.22. The second-order valence-corrected chi connectivity index (χ2v) is 7.33. The lowest BCUT2D eigenvalue weighted by Gasteiger charge is -2.35. The van der Waals surface area contributed by atoms with Crippen LogP contribution in [0.25, 0.3) is 0 Å². The average molecular weight is 348 g/mol. The van der Waals surface area contributed by atoms with E-state index in [-0.39, 0.29) is 18.1 Å². The lowest BCUT2D eigenvalue weighted by atomic mass is 9.93. The van der Waals surface area contributed by atoms with Crippen LogP contribution in [0.3, 0.4) is 0 Å². The molecule has 0 saturated carbocycles. The van der Waals surface area contributed by atoms with Crippen molar-refractivity contribution in [3.05, 3.63) is 12.4 Å². The van der Waals surface area contributed by atoms with E-state index < -0.39 is 5.97 Å². The molecule has 2 aliphatic heterocycles. The number of ether oxygens (including phenoxy) is 1. The lowest BCUT2D eigenvalue weighted by Crippen LogP contribution is -2.43.